The number of hydrogen-bond donors (Lipinski definition) is 1. The van der Waals surface area contributed by atoms with Crippen LogP contribution in [0.3, 0.4) is 0 Å². The van der Waals surface area contributed by atoms with Gasteiger partial charge in [-0.3, -0.25) is 9.59 Å². The quantitative estimate of drug-likeness (QED) is 0.350. The van der Waals surface area contributed by atoms with Crippen LogP contribution in [0.15, 0.2) is 34.9 Å². The van der Waals surface area contributed by atoms with E-state index in [1.807, 2.05) is 0 Å². The minimum absolute atomic E-state index is 0.0413. The number of Topliss-reactive ketones (excluding diaryl/α,β-unsaturated/α-hetero) is 2. The van der Waals surface area contributed by atoms with Crippen LogP contribution in [0.25, 0.3) is 0 Å². The molecule has 0 bridgehead atoms. The summed E-state index contributed by atoms with van der Waals surface area (Å²) in [4.78, 5) is 24.8. The molecule has 1 aromatic rings. The van der Waals surface area contributed by atoms with Crippen LogP contribution in [0.4, 0.5) is 0 Å². The van der Waals surface area contributed by atoms with E-state index in [2.05, 4.69) is 5.32 Å². The van der Waals surface area contributed by atoms with Crippen molar-refractivity contribution in [2.45, 2.75) is 17.7 Å². The van der Waals surface area contributed by atoms with Crippen molar-refractivity contribution in [3.8, 4) is 5.75 Å². The third-order valence-electron chi connectivity index (χ3n) is 3.57. The Morgan fingerprint density at radius 3 is 2.43 bits per heavy atom. The summed E-state index contributed by atoms with van der Waals surface area (Å²) in [6, 6.07) is 4.13. The van der Waals surface area contributed by atoms with Gasteiger partial charge in [0, 0.05) is 31.0 Å². The van der Waals surface area contributed by atoms with Gasteiger partial charge in [-0.05, 0) is 31.0 Å². The molecule has 2 rings (SSSR count). The Bertz CT molecular complexity index is 776. The lowest BCUT2D eigenvalue weighted by atomic mass is 9.98. The summed E-state index contributed by atoms with van der Waals surface area (Å²) in [5.41, 5.74) is 0.182. The highest BCUT2D eigenvalue weighted by Gasteiger charge is 2.35. The molecule has 124 valence electrons. The molecule has 0 heterocycles. The molecule has 1 saturated carbocycles. The lowest BCUT2D eigenvalue weighted by Crippen LogP contribution is -2.18. The summed E-state index contributed by atoms with van der Waals surface area (Å²) in [5.74, 6) is -0.646. The molecular weight excluding hydrogens is 318 g/mol. The van der Waals surface area contributed by atoms with Crippen molar-refractivity contribution in [2.24, 2.45) is 5.92 Å². The van der Waals surface area contributed by atoms with Crippen LogP contribution in [0.1, 0.15) is 23.2 Å². The van der Waals surface area contributed by atoms with Gasteiger partial charge in [0.2, 0.25) is 0 Å². The van der Waals surface area contributed by atoms with E-state index in [0.717, 1.165) is 19.1 Å². The first-order chi connectivity index (χ1) is 10.8. The number of rotatable bonds is 7. The van der Waals surface area contributed by atoms with Gasteiger partial charge >= 0.3 is 0 Å². The Labute approximate surface area is 135 Å². The lowest BCUT2D eigenvalue weighted by Gasteiger charge is -2.10. The largest absolute Gasteiger partial charge is 0.495 e. The van der Waals surface area contributed by atoms with Crippen LogP contribution >= 0.6 is 0 Å². The number of carbonyl (C=O) groups excluding carboxylic acids is 2. The Morgan fingerprint density at radius 1 is 1.30 bits per heavy atom. The molecular formula is C16H19NO5S. The Hall–Kier alpha value is -2.15. The van der Waals surface area contributed by atoms with Gasteiger partial charge in [-0.25, -0.2) is 8.42 Å². The standard InChI is InChI=1S/C16H19NO5S/c1-17-9-12(15(18)10-4-5-10)16(19)11-6-7-13(22-2)14(8-11)23(3,20)21/h6-10,17H,4-5H2,1-3H3/b12-9+. The maximum absolute atomic E-state index is 12.6. The molecule has 0 amide bonds. The molecule has 0 atom stereocenters. The summed E-state index contributed by atoms with van der Waals surface area (Å²) in [7, 11) is -0.605. The highest BCUT2D eigenvalue weighted by atomic mass is 32.2. The fraction of sp³-hybridized carbons (Fsp3) is 0.375. The second-order valence-electron chi connectivity index (χ2n) is 5.45. The van der Waals surface area contributed by atoms with Crippen molar-refractivity contribution >= 4 is 21.4 Å². The van der Waals surface area contributed by atoms with Gasteiger partial charge in [-0.2, -0.15) is 0 Å². The second kappa shape index (κ2) is 6.54. The number of ether oxygens (including phenoxy) is 1. The van der Waals surface area contributed by atoms with Crippen molar-refractivity contribution in [1.29, 1.82) is 0 Å². The van der Waals surface area contributed by atoms with Crippen molar-refractivity contribution in [3.05, 3.63) is 35.5 Å². The van der Waals surface area contributed by atoms with E-state index in [-0.39, 0.29) is 33.5 Å². The number of carbonyl (C=O) groups is 2. The van der Waals surface area contributed by atoms with Crippen molar-refractivity contribution in [2.75, 3.05) is 20.4 Å². The molecule has 1 aliphatic carbocycles. The van der Waals surface area contributed by atoms with Gasteiger partial charge in [0.25, 0.3) is 0 Å². The summed E-state index contributed by atoms with van der Waals surface area (Å²) in [6.07, 6.45) is 3.97. The molecule has 1 aromatic carbocycles. The van der Waals surface area contributed by atoms with Crippen LogP contribution in [-0.2, 0) is 14.6 Å². The Morgan fingerprint density at radius 2 is 1.96 bits per heavy atom. The number of hydrogen-bond acceptors (Lipinski definition) is 6. The lowest BCUT2D eigenvalue weighted by molar-refractivity contribution is -0.116. The summed E-state index contributed by atoms with van der Waals surface area (Å²) in [6.45, 7) is 0. The van der Waals surface area contributed by atoms with Crippen LogP contribution in [0, 0.1) is 5.92 Å². The maximum atomic E-state index is 12.6. The minimum atomic E-state index is -3.56. The molecule has 0 unspecified atom stereocenters. The number of ketones is 2. The maximum Gasteiger partial charge on any atom is 0.198 e. The first-order valence-corrected chi connectivity index (χ1v) is 9.03. The highest BCUT2D eigenvalue weighted by molar-refractivity contribution is 7.90. The van der Waals surface area contributed by atoms with Crippen molar-refractivity contribution in [3.63, 3.8) is 0 Å². The van der Waals surface area contributed by atoms with E-state index in [4.69, 9.17) is 4.74 Å². The van der Waals surface area contributed by atoms with E-state index in [0.29, 0.717) is 0 Å². The van der Waals surface area contributed by atoms with Crippen LogP contribution in [-0.4, -0.2) is 40.4 Å². The van der Waals surface area contributed by atoms with Gasteiger partial charge in [-0.15, -0.1) is 0 Å². The topological polar surface area (TPSA) is 89.5 Å². The van der Waals surface area contributed by atoms with Gasteiger partial charge in [-0.1, -0.05) is 0 Å². The van der Waals surface area contributed by atoms with E-state index < -0.39 is 15.6 Å². The third-order valence-corrected chi connectivity index (χ3v) is 4.69. The van der Waals surface area contributed by atoms with Gasteiger partial charge in [0.1, 0.15) is 10.6 Å². The highest BCUT2D eigenvalue weighted by Crippen LogP contribution is 2.33. The molecule has 0 aromatic heterocycles. The number of methoxy groups -OCH3 is 1. The van der Waals surface area contributed by atoms with Crippen molar-refractivity contribution < 1.29 is 22.7 Å². The summed E-state index contributed by atoms with van der Waals surface area (Å²) in [5, 5.41) is 2.70. The number of nitrogens with one attached hydrogen (secondary N) is 1. The first-order valence-electron chi connectivity index (χ1n) is 7.14. The van der Waals surface area contributed by atoms with Crippen LogP contribution in [0.5, 0.6) is 5.75 Å². The van der Waals surface area contributed by atoms with E-state index in [1.165, 1.54) is 31.5 Å². The molecule has 0 radical (unpaired) electrons. The van der Waals surface area contributed by atoms with Crippen LogP contribution < -0.4 is 10.1 Å². The predicted octanol–water partition coefficient (Wildman–Crippen LogP) is 1.36. The molecule has 6 nitrogen and oxygen atoms in total. The SMILES string of the molecule is CN/C=C(/C(=O)c1ccc(OC)c(S(C)(=O)=O)c1)C(=O)C1CC1. The number of allylic oxidation sites excluding steroid dienone is 1. The fourth-order valence-corrected chi connectivity index (χ4v) is 3.08. The van der Waals surface area contributed by atoms with E-state index in [9.17, 15) is 18.0 Å². The van der Waals surface area contributed by atoms with Crippen LogP contribution in [0.2, 0.25) is 0 Å². The monoisotopic (exact) mass is 337 g/mol. The molecule has 0 saturated heterocycles. The second-order valence-corrected chi connectivity index (χ2v) is 7.44. The minimum Gasteiger partial charge on any atom is -0.495 e. The van der Waals surface area contributed by atoms with Gasteiger partial charge in [0.15, 0.2) is 21.4 Å². The molecule has 7 heteroatoms. The average molecular weight is 337 g/mol. The molecule has 0 aliphatic heterocycles. The Balaban J connectivity index is 2.46. The van der Waals surface area contributed by atoms with Crippen molar-refractivity contribution in [1.82, 2.24) is 5.32 Å². The summed E-state index contributed by atoms with van der Waals surface area (Å²) >= 11 is 0. The van der Waals surface area contributed by atoms with E-state index in [1.54, 1.807) is 7.05 Å². The Kier molecular flexibility index (Phi) is 4.89. The zero-order valence-electron chi connectivity index (χ0n) is 13.3. The normalized spacial score (nSPS) is 15.2. The third kappa shape index (κ3) is 3.79. The number of sulfone groups is 1. The molecule has 0 spiro atoms. The van der Waals surface area contributed by atoms with E-state index >= 15 is 0 Å². The first kappa shape index (κ1) is 17.2. The van der Waals surface area contributed by atoms with Gasteiger partial charge in [0.05, 0.1) is 12.7 Å². The zero-order chi connectivity index (χ0) is 17.2. The van der Waals surface area contributed by atoms with Gasteiger partial charge < -0.3 is 10.1 Å². The predicted molar refractivity (Wildman–Crippen MR) is 85.3 cm³/mol. The molecule has 1 aliphatic rings. The zero-order valence-corrected chi connectivity index (χ0v) is 14.1. The fourth-order valence-electron chi connectivity index (χ4n) is 2.22. The number of benzene rings is 1. The average Bonchev–Trinajstić information content (AvgIpc) is 3.34. The smallest absolute Gasteiger partial charge is 0.198 e. The molecule has 23 heavy (non-hydrogen) atoms. The summed E-state index contributed by atoms with van der Waals surface area (Å²) < 4.78 is 28.7. The molecule has 1 N–H and O–H groups in total. The molecule has 1 fully saturated rings.